The second-order valence-electron chi connectivity index (χ2n) is 2.38. The van der Waals surface area contributed by atoms with E-state index in [2.05, 4.69) is 4.74 Å². The van der Waals surface area contributed by atoms with Crippen LogP contribution in [0.25, 0.3) is 0 Å². The van der Waals surface area contributed by atoms with Crippen molar-refractivity contribution in [1.29, 1.82) is 0 Å². The fourth-order valence-electron chi connectivity index (χ4n) is 1.03. The quantitative estimate of drug-likeness (QED) is 0.390. The predicted molar refractivity (Wildman–Crippen MR) is 35.9 cm³/mol. The molecule has 62 valence electrons. The van der Waals surface area contributed by atoms with Crippen LogP contribution in [0, 0.1) is 5.92 Å². The molecule has 0 amide bonds. The molecule has 0 saturated carbocycles. The summed E-state index contributed by atoms with van der Waals surface area (Å²) in [5, 5.41) is 0. The molecule has 1 aliphatic rings. The number of Topliss-reactive ketones (excluding diaryl/α,β-unsaturated/α-hetero) is 1. The number of esters is 1. The molecule has 11 heavy (non-hydrogen) atoms. The van der Waals surface area contributed by atoms with Crippen LogP contribution in [0.3, 0.4) is 0 Å². The Hall–Kier alpha value is -0.900. The molecule has 0 unspecified atom stereocenters. The van der Waals surface area contributed by atoms with Gasteiger partial charge in [-0.15, -0.1) is 0 Å². The van der Waals surface area contributed by atoms with Gasteiger partial charge in [-0.05, 0) is 6.42 Å². The third-order valence-electron chi connectivity index (χ3n) is 1.67. The number of carbonyl (C=O) groups excluding carboxylic acids is 2. The summed E-state index contributed by atoms with van der Waals surface area (Å²) in [6.07, 6.45) is 0.450. The van der Waals surface area contributed by atoms with Gasteiger partial charge in [-0.2, -0.15) is 0 Å². The number of rotatable bonds is 1. The molecular weight excluding hydrogens is 148 g/mol. The van der Waals surface area contributed by atoms with Crippen molar-refractivity contribution < 1.29 is 19.1 Å². The minimum Gasteiger partial charge on any atom is -0.468 e. The molecule has 4 heteroatoms. The Kier molecular flexibility index (Phi) is 2.59. The van der Waals surface area contributed by atoms with Gasteiger partial charge in [-0.3, -0.25) is 9.59 Å². The van der Waals surface area contributed by atoms with Gasteiger partial charge >= 0.3 is 5.97 Å². The van der Waals surface area contributed by atoms with Crippen LogP contribution in [-0.2, 0) is 19.1 Å². The summed E-state index contributed by atoms with van der Waals surface area (Å²) >= 11 is 0. The SMILES string of the molecule is COC(=O)[C@H]1CCOCC1=O. The largest absolute Gasteiger partial charge is 0.468 e. The molecule has 0 aromatic carbocycles. The molecule has 1 rings (SSSR count). The molecule has 1 atom stereocenters. The zero-order valence-corrected chi connectivity index (χ0v) is 6.33. The summed E-state index contributed by atoms with van der Waals surface area (Å²) in [7, 11) is 1.28. The van der Waals surface area contributed by atoms with Gasteiger partial charge in [0.15, 0.2) is 5.78 Å². The highest BCUT2D eigenvalue weighted by atomic mass is 16.5. The van der Waals surface area contributed by atoms with E-state index in [0.717, 1.165) is 0 Å². The summed E-state index contributed by atoms with van der Waals surface area (Å²) in [5.41, 5.74) is 0. The van der Waals surface area contributed by atoms with Gasteiger partial charge in [0.05, 0.1) is 7.11 Å². The van der Waals surface area contributed by atoms with E-state index in [9.17, 15) is 9.59 Å². The minimum absolute atomic E-state index is 0.0414. The Labute approximate surface area is 64.5 Å². The van der Waals surface area contributed by atoms with Crippen molar-refractivity contribution in [2.45, 2.75) is 6.42 Å². The monoisotopic (exact) mass is 158 g/mol. The number of ether oxygens (including phenoxy) is 2. The molecule has 1 aliphatic heterocycles. The van der Waals surface area contributed by atoms with E-state index in [1.165, 1.54) is 7.11 Å². The molecule has 4 nitrogen and oxygen atoms in total. The molecule has 0 spiro atoms. The highest BCUT2D eigenvalue weighted by Crippen LogP contribution is 2.12. The van der Waals surface area contributed by atoms with Crippen molar-refractivity contribution in [3.8, 4) is 0 Å². The van der Waals surface area contributed by atoms with Crippen LogP contribution in [0.4, 0.5) is 0 Å². The van der Waals surface area contributed by atoms with Crippen molar-refractivity contribution in [2.24, 2.45) is 5.92 Å². The van der Waals surface area contributed by atoms with Gasteiger partial charge in [0, 0.05) is 6.61 Å². The van der Waals surface area contributed by atoms with E-state index >= 15 is 0 Å². The van der Waals surface area contributed by atoms with Crippen LogP contribution in [0.2, 0.25) is 0 Å². The smallest absolute Gasteiger partial charge is 0.316 e. The Bertz CT molecular complexity index is 167. The zero-order valence-electron chi connectivity index (χ0n) is 6.33. The first-order valence-corrected chi connectivity index (χ1v) is 3.44. The topological polar surface area (TPSA) is 52.6 Å². The summed E-state index contributed by atoms with van der Waals surface area (Å²) in [6, 6.07) is 0. The van der Waals surface area contributed by atoms with Crippen LogP contribution < -0.4 is 0 Å². The van der Waals surface area contributed by atoms with Gasteiger partial charge < -0.3 is 9.47 Å². The Balaban J connectivity index is 2.54. The molecule has 0 N–H and O–H groups in total. The van der Waals surface area contributed by atoms with Gasteiger partial charge in [0.1, 0.15) is 12.5 Å². The van der Waals surface area contributed by atoms with Crippen molar-refractivity contribution >= 4 is 11.8 Å². The average Bonchev–Trinajstić information content (AvgIpc) is 2.04. The number of carbonyl (C=O) groups is 2. The maximum Gasteiger partial charge on any atom is 0.316 e. The Morgan fingerprint density at radius 3 is 3.00 bits per heavy atom. The van der Waals surface area contributed by atoms with Gasteiger partial charge in [-0.1, -0.05) is 0 Å². The molecule has 1 saturated heterocycles. The van der Waals surface area contributed by atoms with E-state index in [4.69, 9.17) is 4.74 Å². The lowest BCUT2D eigenvalue weighted by Gasteiger charge is -2.17. The summed E-state index contributed by atoms with van der Waals surface area (Å²) in [6.45, 7) is 0.505. The van der Waals surface area contributed by atoms with Gasteiger partial charge in [0.2, 0.25) is 0 Å². The first kappa shape index (κ1) is 8.20. The standard InChI is InChI=1S/C7H10O4/c1-10-7(9)5-2-3-11-4-6(5)8/h5H,2-4H2,1H3/t5-/m0/s1. The first-order valence-electron chi connectivity index (χ1n) is 3.44. The molecule has 1 fully saturated rings. The number of methoxy groups -OCH3 is 1. The van der Waals surface area contributed by atoms with Crippen LogP contribution in [0.1, 0.15) is 6.42 Å². The summed E-state index contributed by atoms with van der Waals surface area (Å²) < 4.78 is 9.29. The molecule has 0 aliphatic carbocycles. The second kappa shape index (κ2) is 3.48. The normalized spacial score (nSPS) is 24.8. The fraction of sp³-hybridized carbons (Fsp3) is 0.714. The maximum absolute atomic E-state index is 11.0. The third-order valence-corrected chi connectivity index (χ3v) is 1.67. The molecule has 0 aromatic rings. The van der Waals surface area contributed by atoms with Gasteiger partial charge in [-0.25, -0.2) is 0 Å². The fourth-order valence-corrected chi connectivity index (χ4v) is 1.03. The lowest BCUT2D eigenvalue weighted by atomic mass is 9.99. The van der Waals surface area contributed by atoms with Crippen molar-refractivity contribution in [1.82, 2.24) is 0 Å². The third kappa shape index (κ3) is 1.77. The van der Waals surface area contributed by atoms with Crippen molar-refractivity contribution in [3.05, 3.63) is 0 Å². The summed E-state index contributed by atoms with van der Waals surface area (Å²) in [4.78, 5) is 21.8. The van der Waals surface area contributed by atoms with E-state index < -0.39 is 11.9 Å². The summed E-state index contributed by atoms with van der Waals surface area (Å²) in [5.74, 6) is -1.21. The average molecular weight is 158 g/mol. The highest BCUT2D eigenvalue weighted by molar-refractivity contribution is 5.99. The van der Waals surface area contributed by atoms with Crippen molar-refractivity contribution in [2.75, 3.05) is 20.3 Å². The number of hydrogen-bond donors (Lipinski definition) is 0. The van der Waals surface area contributed by atoms with Crippen LogP contribution in [0.15, 0.2) is 0 Å². The number of hydrogen-bond acceptors (Lipinski definition) is 4. The van der Waals surface area contributed by atoms with Crippen LogP contribution in [-0.4, -0.2) is 32.1 Å². The van der Waals surface area contributed by atoms with Crippen LogP contribution in [0.5, 0.6) is 0 Å². The van der Waals surface area contributed by atoms with Crippen molar-refractivity contribution in [3.63, 3.8) is 0 Å². The molecule has 1 heterocycles. The minimum atomic E-state index is -0.589. The van der Waals surface area contributed by atoms with Gasteiger partial charge in [0.25, 0.3) is 0 Å². The Morgan fingerprint density at radius 2 is 2.45 bits per heavy atom. The highest BCUT2D eigenvalue weighted by Gasteiger charge is 2.29. The molecular formula is C7H10O4. The predicted octanol–water partition coefficient (Wildman–Crippen LogP) is -0.235. The van der Waals surface area contributed by atoms with E-state index in [1.54, 1.807) is 0 Å². The molecule has 0 bridgehead atoms. The first-order chi connectivity index (χ1) is 5.25. The van der Waals surface area contributed by atoms with E-state index in [1.807, 2.05) is 0 Å². The number of ketones is 1. The molecule has 0 aromatic heterocycles. The Morgan fingerprint density at radius 1 is 1.73 bits per heavy atom. The second-order valence-corrected chi connectivity index (χ2v) is 2.38. The van der Waals surface area contributed by atoms with E-state index in [0.29, 0.717) is 13.0 Å². The van der Waals surface area contributed by atoms with Crippen LogP contribution >= 0.6 is 0 Å². The lowest BCUT2D eigenvalue weighted by Crippen LogP contribution is -2.33. The molecule has 0 radical (unpaired) electrons. The lowest BCUT2D eigenvalue weighted by molar-refractivity contribution is -0.154. The van der Waals surface area contributed by atoms with E-state index in [-0.39, 0.29) is 12.4 Å². The zero-order chi connectivity index (χ0) is 8.27. The maximum atomic E-state index is 11.0.